The quantitative estimate of drug-likeness (QED) is 0.506. The molecule has 1 aromatic heterocycles. The summed E-state index contributed by atoms with van der Waals surface area (Å²) in [7, 11) is 0. The van der Waals surface area contributed by atoms with Gasteiger partial charge in [-0.25, -0.2) is 0 Å². The molecular weight excluding hydrogens is 420 g/mol. The van der Waals surface area contributed by atoms with Crippen molar-refractivity contribution in [1.82, 2.24) is 15.8 Å². The Bertz CT molecular complexity index is 837. The van der Waals surface area contributed by atoms with E-state index in [4.69, 9.17) is 0 Å². The number of rotatable bonds is 4. The van der Waals surface area contributed by atoms with Crippen molar-refractivity contribution in [2.24, 2.45) is 5.92 Å². The molecule has 1 atom stereocenters. The number of aromatic nitrogens is 1. The molecular formula is C17H17BrN4O3S. The van der Waals surface area contributed by atoms with Crippen LogP contribution in [-0.4, -0.2) is 35.5 Å². The number of amides is 3. The molecule has 1 aromatic carbocycles. The Hall–Kier alpha value is -2.26. The zero-order chi connectivity index (χ0) is 18.7. The molecule has 1 aliphatic heterocycles. The van der Waals surface area contributed by atoms with E-state index in [9.17, 15) is 14.4 Å². The van der Waals surface area contributed by atoms with Gasteiger partial charge in [-0.15, -0.1) is 11.8 Å². The standard InChI is InChI=1S/C17H17BrN4O3S/c1-26-13-4-2-12(3-5-13)22-9-10(6-15(22)23)16(24)20-21-17(25)14-7-11(18)8-19-14/h2-5,7-8,10,19H,6,9H2,1H3,(H,20,24)(H,21,25). The molecule has 1 saturated heterocycles. The number of hydrogen-bond acceptors (Lipinski definition) is 4. The van der Waals surface area contributed by atoms with Crippen LogP contribution in [0, 0.1) is 5.92 Å². The first-order chi connectivity index (χ1) is 12.5. The summed E-state index contributed by atoms with van der Waals surface area (Å²) in [6.07, 6.45) is 3.71. The summed E-state index contributed by atoms with van der Waals surface area (Å²) < 4.78 is 0.735. The van der Waals surface area contributed by atoms with Crippen LogP contribution in [0.5, 0.6) is 0 Å². The van der Waals surface area contributed by atoms with Gasteiger partial charge in [-0.05, 0) is 52.5 Å². The van der Waals surface area contributed by atoms with Gasteiger partial charge in [-0.2, -0.15) is 0 Å². The predicted molar refractivity (Wildman–Crippen MR) is 103 cm³/mol. The highest BCUT2D eigenvalue weighted by molar-refractivity contribution is 9.10. The maximum atomic E-state index is 12.3. The van der Waals surface area contributed by atoms with Gasteiger partial charge in [0.1, 0.15) is 5.69 Å². The van der Waals surface area contributed by atoms with Crippen molar-refractivity contribution in [3.05, 3.63) is 46.7 Å². The number of H-pyrrole nitrogens is 1. The minimum atomic E-state index is -0.515. The molecule has 2 heterocycles. The first-order valence-electron chi connectivity index (χ1n) is 7.86. The summed E-state index contributed by atoms with van der Waals surface area (Å²) in [5.41, 5.74) is 5.82. The lowest BCUT2D eigenvalue weighted by Crippen LogP contribution is -2.45. The highest BCUT2D eigenvalue weighted by atomic mass is 79.9. The summed E-state index contributed by atoms with van der Waals surface area (Å²) in [4.78, 5) is 41.9. The molecule has 26 heavy (non-hydrogen) atoms. The van der Waals surface area contributed by atoms with Crippen molar-refractivity contribution in [2.75, 3.05) is 17.7 Å². The topological polar surface area (TPSA) is 94.3 Å². The van der Waals surface area contributed by atoms with E-state index in [1.165, 1.54) is 0 Å². The first kappa shape index (κ1) is 18.5. The van der Waals surface area contributed by atoms with E-state index < -0.39 is 11.8 Å². The highest BCUT2D eigenvalue weighted by Gasteiger charge is 2.35. The second kappa shape index (κ2) is 7.96. The fraction of sp³-hybridized carbons (Fsp3) is 0.235. The number of halogens is 1. The summed E-state index contributed by atoms with van der Waals surface area (Å²) in [6.45, 7) is 0.285. The van der Waals surface area contributed by atoms with Crippen molar-refractivity contribution in [2.45, 2.75) is 11.3 Å². The lowest BCUT2D eigenvalue weighted by molar-refractivity contribution is -0.126. The van der Waals surface area contributed by atoms with E-state index in [0.29, 0.717) is 5.69 Å². The Morgan fingerprint density at radius 3 is 2.62 bits per heavy atom. The highest BCUT2D eigenvalue weighted by Crippen LogP contribution is 2.27. The zero-order valence-electron chi connectivity index (χ0n) is 13.9. The smallest absolute Gasteiger partial charge is 0.286 e. The van der Waals surface area contributed by atoms with Crippen molar-refractivity contribution in [3.8, 4) is 0 Å². The second-order valence-corrected chi connectivity index (χ2v) is 7.57. The molecule has 136 valence electrons. The van der Waals surface area contributed by atoms with Gasteiger partial charge in [0, 0.05) is 34.2 Å². The van der Waals surface area contributed by atoms with Crippen LogP contribution < -0.4 is 15.8 Å². The molecule has 1 unspecified atom stereocenters. The number of thioether (sulfide) groups is 1. The third-order valence-electron chi connectivity index (χ3n) is 4.07. The first-order valence-corrected chi connectivity index (χ1v) is 9.88. The number of benzene rings is 1. The van der Waals surface area contributed by atoms with Crippen molar-refractivity contribution in [1.29, 1.82) is 0 Å². The van der Waals surface area contributed by atoms with E-state index in [1.54, 1.807) is 28.9 Å². The van der Waals surface area contributed by atoms with E-state index >= 15 is 0 Å². The van der Waals surface area contributed by atoms with Gasteiger partial charge in [-0.3, -0.25) is 25.2 Å². The van der Waals surface area contributed by atoms with Gasteiger partial charge in [0.2, 0.25) is 11.8 Å². The number of nitrogens with one attached hydrogen (secondary N) is 3. The second-order valence-electron chi connectivity index (χ2n) is 5.78. The van der Waals surface area contributed by atoms with Crippen LogP contribution in [0.4, 0.5) is 5.69 Å². The largest absolute Gasteiger partial charge is 0.356 e. The van der Waals surface area contributed by atoms with Crippen molar-refractivity contribution < 1.29 is 14.4 Å². The van der Waals surface area contributed by atoms with Crippen LogP contribution in [0.1, 0.15) is 16.9 Å². The Labute approximate surface area is 163 Å². The fourth-order valence-corrected chi connectivity index (χ4v) is 3.43. The Morgan fingerprint density at radius 2 is 2.00 bits per heavy atom. The average Bonchev–Trinajstić information content (AvgIpc) is 3.25. The van der Waals surface area contributed by atoms with Crippen LogP contribution in [-0.2, 0) is 9.59 Å². The van der Waals surface area contributed by atoms with Gasteiger partial charge in [0.05, 0.1) is 5.92 Å². The SMILES string of the molecule is CSc1ccc(N2CC(C(=O)NNC(=O)c3cc(Br)c[nH]3)CC2=O)cc1. The molecule has 1 fully saturated rings. The summed E-state index contributed by atoms with van der Waals surface area (Å²) in [5.74, 6) is -1.47. The molecule has 9 heteroatoms. The van der Waals surface area contributed by atoms with Crippen LogP contribution in [0.2, 0.25) is 0 Å². The Balaban J connectivity index is 1.57. The zero-order valence-corrected chi connectivity index (χ0v) is 16.3. The number of nitrogens with zero attached hydrogens (tertiary/aromatic N) is 1. The molecule has 0 bridgehead atoms. The molecule has 0 aliphatic carbocycles. The third-order valence-corrected chi connectivity index (χ3v) is 5.27. The predicted octanol–water partition coefficient (Wildman–Crippen LogP) is 2.31. The van der Waals surface area contributed by atoms with Crippen LogP contribution >= 0.6 is 27.7 Å². The number of aromatic amines is 1. The fourth-order valence-electron chi connectivity index (χ4n) is 2.68. The molecule has 3 rings (SSSR count). The van der Waals surface area contributed by atoms with E-state index in [1.807, 2.05) is 30.5 Å². The number of carbonyl (C=O) groups is 3. The maximum Gasteiger partial charge on any atom is 0.286 e. The average molecular weight is 437 g/mol. The van der Waals surface area contributed by atoms with E-state index in [-0.39, 0.29) is 24.8 Å². The van der Waals surface area contributed by atoms with Gasteiger partial charge in [-0.1, -0.05) is 0 Å². The maximum absolute atomic E-state index is 12.3. The molecule has 0 radical (unpaired) electrons. The Kier molecular flexibility index (Phi) is 5.67. The van der Waals surface area contributed by atoms with Gasteiger partial charge >= 0.3 is 0 Å². The summed E-state index contributed by atoms with van der Waals surface area (Å²) >= 11 is 4.86. The van der Waals surface area contributed by atoms with Crippen LogP contribution in [0.15, 0.2) is 45.9 Å². The molecule has 0 saturated carbocycles. The molecule has 1 aliphatic rings. The minimum absolute atomic E-state index is 0.110. The van der Waals surface area contributed by atoms with Crippen molar-refractivity contribution >= 4 is 51.1 Å². The van der Waals surface area contributed by atoms with E-state index in [2.05, 4.69) is 31.8 Å². The van der Waals surface area contributed by atoms with Crippen molar-refractivity contribution in [3.63, 3.8) is 0 Å². The van der Waals surface area contributed by atoms with Gasteiger partial charge < -0.3 is 9.88 Å². The van der Waals surface area contributed by atoms with Crippen LogP contribution in [0.3, 0.4) is 0 Å². The molecule has 2 aromatic rings. The van der Waals surface area contributed by atoms with Gasteiger partial charge in [0.25, 0.3) is 5.91 Å². The molecule has 3 N–H and O–H groups in total. The number of hydrogen-bond donors (Lipinski definition) is 3. The third kappa shape index (κ3) is 4.10. The summed E-state index contributed by atoms with van der Waals surface area (Å²) in [6, 6.07) is 9.22. The number of anilines is 1. The van der Waals surface area contributed by atoms with Gasteiger partial charge in [0.15, 0.2) is 0 Å². The Morgan fingerprint density at radius 1 is 1.27 bits per heavy atom. The lowest BCUT2D eigenvalue weighted by atomic mass is 10.1. The number of hydrazine groups is 1. The molecule has 7 nitrogen and oxygen atoms in total. The van der Waals surface area contributed by atoms with Crippen LogP contribution in [0.25, 0.3) is 0 Å². The summed E-state index contributed by atoms with van der Waals surface area (Å²) in [5, 5.41) is 0. The van der Waals surface area contributed by atoms with E-state index in [0.717, 1.165) is 15.1 Å². The normalized spacial score (nSPS) is 16.6. The molecule has 0 spiro atoms. The molecule has 3 amide bonds. The number of carbonyl (C=O) groups excluding carboxylic acids is 3. The lowest BCUT2D eigenvalue weighted by Gasteiger charge is -2.17. The monoisotopic (exact) mass is 436 g/mol. The minimum Gasteiger partial charge on any atom is -0.356 e.